The van der Waals surface area contributed by atoms with Crippen molar-refractivity contribution in [3.8, 4) is 0 Å². The molecule has 0 aliphatic carbocycles. The van der Waals surface area contributed by atoms with E-state index in [4.69, 9.17) is 0 Å². The van der Waals surface area contributed by atoms with Crippen molar-refractivity contribution in [3.63, 3.8) is 0 Å². The number of imidazole rings is 1. The topological polar surface area (TPSA) is 50.2 Å². The van der Waals surface area contributed by atoms with Crippen LogP contribution in [-0.4, -0.2) is 14.4 Å². The van der Waals surface area contributed by atoms with E-state index in [2.05, 4.69) is 9.97 Å². The van der Waals surface area contributed by atoms with Crippen molar-refractivity contribution in [2.24, 2.45) is 0 Å². The molecule has 0 aromatic carbocycles. The highest BCUT2D eigenvalue weighted by molar-refractivity contribution is 5.76. The molecule has 4 nitrogen and oxygen atoms in total. The van der Waals surface area contributed by atoms with Crippen molar-refractivity contribution in [2.75, 3.05) is 0 Å². The first-order valence-corrected chi connectivity index (χ1v) is 5.13. The SMILES string of the molecule is Cc1ccn2c(c1)nc1c(=O)cc(C)[nH]c12. The van der Waals surface area contributed by atoms with Gasteiger partial charge in [0.1, 0.15) is 11.3 Å². The lowest BCUT2D eigenvalue weighted by atomic mass is 10.3. The molecule has 0 bridgehead atoms. The summed E-state index contributed by atoms with van der Waals surface area (Å²) in [6, 6.07) is 5.53. The minimum absolute atomic E-state index is 0.0346. The first-order chi connectivity index (χ1) is 7.65. The van der Waals surface area contributed by atoms with Crippen LogP contribution >= 0.6 is 0 Å². The van der Waals surface area contributed by atoms with Crippen LogP contribution in [-0.2, 0) is 0 Å². The van der Waals surface area contributed by atoms with E-state index in [0.29, 0.717) is 5.52 Å². The quantitative estimate of drug-likeness (QED) is 0.619. The summed E-state index contributed by atoms with van der Waals surface area (Å²) >= 11 is 0. The number of H-pyrrole nitrogens is 1. The maximum atomic E-state index is 11.8. The Hall–Kier alpha value is -2.10. The van der Waals surface area contributed by atoms with E-state index in [1.165, 1.54) is 0 Å². The zero-order valence-electron chi connectivity index (χ0n) is 9.11. The molecule has 3 aromatic heterocycles. The molecule has 0 radical (unpaired) electrons. The Morgan fingerprint density at radius 3 is 2.94 bits per heavy atom. The summed E-state index contributed by atoms with van der Waals surface area (Å²) < 4.78 is 1.90. The van der Waals surface area contributed by atoms with Crippen LogP contribution in [0.25, 0.3) is 16.8 Å². The van der Waals surface area contributed by atoms with Gasteiger partial charge in [-0.1, -0.05) is 0 Å². The van der Waals surface area contributed by atoms with Crippen LogP contribution in [0.3, 0.4) is 0 Å². The normalized spacial score (nSPS) is 11.4. The third kappa shape index (κ3) is 1.16. The van der Waals surface area contributed by atoms with Gasteiger partial charge in [0.05, 0.1) is 0 Å². The van der Waals surface area contributed by atoms with E-state index in [9.17, 15) is 4.79 Å². The summed E-state index contributed by atoms with van der Waals surface area (Å²) in [4.78, 5) is 19.3. The van der Waals surface area contributed by atoms with Gasteiger partial charge < -0.3 is 4.98 Å². The fraction of sp³-hybridized carbons (Fsp3) is 0.167. The van der Waals surface area contributed by atoms with Crippen molar-refractivity contribution in [2.45, 2.75) is 13.8 Å². The lowest BCUT2D eigenvalue weighted by molar-refractivity contribution is 1.14. The number of hydrogen-bond donors (Lipinski definition) is 1. The number of nitrogens with zero attached hydrogens (tertiary/aromatic N) is 2. The van der Waals surface area contributed by atoms with E-state index in [1.807, 2.05) is 36.6 Å². The number of aromatic amines is 1. The van der Waals surface area contributed by atoms with E-state index >= 15 is 0 Å². The van der Waals surface area contributed by atoms with Gasteiger partial charge >= 0.3 is 0 Å². The lowest BCUT2D eigenvalue weighted by Gasteiger charge is -1.97. The molecule has 3 heterocycles. The highest BCUT2D eigenvalue weighted by Crippen LogP contribution is 2.13. The number of aryl methyl sites for hydroxylation is 2. The van der Waals surface area contributed by atoms with Crippen molar-refractivity contribution >= 4 is 16.8 Å². The second-order valence-corrected chi connectivity index (χ2v) is 4.06. The van der Waals surface area contributed by atoms with Gasteiger partial charge in [-0.15, -0.1) is 0 Å². The minimum Gasteiger partial charge on any atom is -0.343 e. The standard InChI is InChI=1S/C12H11N3O/c1-7-3-4-15-10(5-7)14-11-9(16)6-8(2)13-12(11)15/h3-6H,1-2H3,(H,13,16). The maximum Gasteiger partial charge on any atom is 0.209 e. The molecule has 0 fully saturated rings. The second kappa shape index (κ2) is 2.95. The molecule has 4 heteroatoms. The second-order valence-electron chi connectivity index (χ2n) is 4.06. The first-order valence-electron chi connectivity index (χ1n) is 5.13. The summed E-state index contributed by atoms with van der Waals surface area (Å²) in [5.74, 6) is 0. The van der Waals surface area contributed by atoms with Crippen LogP contribution in [0, 0.1) is 13.8 Å². The molecular weight excluding hydrogens is 202 g/mol. The maximum absolute atomic E-state index is 11.8. The zero-order chi connectivity index (χ0) is 11.3. The van der Waals surface area contributed by atoms with Crippen LogP contribution in [0.1, 0.15) is 11.3 Å². The van der Waals surface area contributed by atoms with Crippen molar-refractivity contribution in [1.29, 1.82) is 0 Å². The fourth-order valence-corrected chi connectivity index (χ4v) is 1.93. The Bertz CT molecular complexity index is 752. The summed E-state index contributed by atoms with van der Waals surface area (Å²) in [5.41, 5.74) is 4.00. The van der Waals surface area contributed by atoms with Gasteiger partial charge in [0, 0.05) is 18.0 Å². The molecular formula is C12H11N3O. The minimum atomic E-state index is -0.0346. The molecule has 3 aromatic rings. The molecule has 0 saturated carbocycles. The molecule has 0 amide bonds. The van der Waals surface area contributed by atoms with E-state index in [0.717, 1.165) is 22.6 Å². The van der Waals surface area contributed by atoms with Crippen LogP contribution < -0.4 is 5.43 Å². The molecule has 0 atom stereocenters. The Kier molecular flexibility index (Phi) is 1.68. The lowest BCUT2D eigenvalue weighted by Crippen LogP contribution is -2.02. The van der Waals surface area contributed by atoms with Crippen molar-refractivity contribution in [3.05, 3.63) is 45.9 Å². The number of rotatable bonds is 0. The molecule has 0 unspecified atom stereocenters. The van der Waals surface area contributed by atoms with Crippen LogP contribution in [0.15, 0.2) is 29.2 Å². The van der Waals surface area contributed by atoms with Gasteiger partial charge in [0.25, 0.3) is 0 Å². The molecule has 0 spiro atoms. The van der Waals surface area contributed by atoms with Gasteiger partial charge in [0.2, 0.25) is 5.43 Å². The van der Waals surface area contributed by atoms with E-state index < -0.39 is 0 Å². The van der Waals surface area contributed by atoms with Crippen LogP contribution in [0.2, 0.25) is 0 Å². The van der Waals surface area contributed by atoms with Crippen molar-refractivity contribution in [1.82, 2.24) is 14.4 Å². The molecule has 0 aliphatic rings. The van der Waals surface area contributed by atoms with Gasteiger partial charge in [-0.25, -0.2) is 4.98 Å². The highest BCUT2D eigenvalue weighted by Gasteiger charge is 2.08. The number of hydrogen-bond acceptors (Lipinski definition) is 2. The largest absolute Gasteiger partial charge is 0.343 e. The van der Waals surface area contributed by atoms with Gasteiger partial charge in [-0.3, -0.25) is 9.20 Å². The molecule has 80 valence electrons. The molecule has 16 heavy (non-hydrogen) atoms. The number of nitrogens with one attached hydrogen (secondary N) is 1. The third-order valence-electron chi connectivity index (χ3n) is 2.68. The Labute approximate surface area is 91.6 Å². The van der Waals surface area contributed by atoms with Crippen LogP contribution in [0.5, 0.6) is 0 Å². The first kappa shape index (κ1) is 9.15. The molecule has 0 saturated heterocycles. The smallest absolute Gasteiger partial charge is 0.209 e. The van der Waals surface area contributed by atoms with Crippen molar-refractivity contribution < 1.29 is 0 Å². The van der Waals surface area contributed by atoms with Gasteiger partial charge in [-0.2, -0.15) is 0 Å². The number of pyridine rings is 2. The average molecular weight is 213 g/mol. The summed E-state index contributed by atoms with van der Waals surface area (Å²) in [6.45, 7) is 3.88. The van der Waals surface area contributed by atoms with Gasteiger partial charge in [-0.05, 0) is 31.5 Å². The Morgan fingerprint density at radius 1 is 1.31 bits per heavy atom. The Morgan fingerprint density at radius 2 is 2.12 bits per heavy atom. The average Bonchev–Trinajstić information content (AvgIpc) is 2.56. The molecule has 0 aliphatic heterocycles. The summed E-state index contributed by atoms with van der Waals surface area (Å²) in [6.07, 6.45) is 1.93. The fourth-order valence-electron chi connectivity index (χ4n) is 1.93. The zero-order valence-corrected chi connectivity index (χ0v) is 9.11. The number of fused-ring (bicyclic) bond motifs is 3. The predicted molar refractivity (Wildman–Crippen MR) is 62.8 cm³/mol. The highest BCUT2D eigenvalue weighted by atomic mass is 16.1. The predicted octanol–water partition coefficient (Wildman–Crippen LogP) is 1.79. The third-order valence-corrected chi connectivity index (χ3v) is 2.68. The Balaban J connectivity index is 2.61. The molecule has 1 N–H and O–H groups in total. The summed E-state index contributed by atoms with van der Waals surface area (Å²) in [5, 5.41) is 0. The monoisotopic (exact) mass is 213 g/mol. The van der Waals surface area contributed by atoms with E-state index in [-0.39, 0.29) is 5.43 Å². The molecule has 3 rings (SSSR count). The van der Waals surface area contributed by atoms with Gasteiger partial charge in [0.15, 0.2) is 5.52 Å². The van der Waals surface area contributed by atoms with Crippen LogP contribution in [0.4, 0.5) is 0 Å². The van der Waals surface area contributed by atoms with E-state index in [1.54, 1.807) is 6.07 Å². The number of aromatic nitrogens is 3. The summed E-state index contributed by atoms with van der Waals surface area (Å²) in [7, 11) is 0.